The third-order valence-corrected chi connectivity index (χ3v) is 5.89. The zero-order chi connectivity index (χ0) is 18.5. The lowest BCUT2D eigenvalue weighted by molar-refractivity contribution is -0.135. The van der Waals surface area contributed by atoms with Crippen molar-refractivity contribution in [2.75, 3.05) is 39.4 Å². The van der Waals surface area contributed by atoms with Gasteiger partial charge in [-0.2, -0.15) is 0 Å². The molecule has 27 heavy (non-hydrogen) atoms. The topological polar surface area (TPSA) is 37.7 Å². The third-order valence-electron chi connectivity index (χ3n) is 5.89. The first-order valence-electron chi connectivity index (χ1n) is 10.5. The summed E-state index contributed by atoms with van der Waals surface area (Å²) in [6, 6.07) is 8.62. The van der Waals surface area contributed by atoms with Crippen molar-refractivity contribution in [3.05, 3.63) is 36.0 Å². The predicted octanol–water partition coefficient (Wildman–Crippen LogP) is 3.27. The number of carbonyl (C=O) groups is 1. The first-order valence-corrected chi connectivity index (χ1v) is 10.5. The van der Waals surface area contributed by atoms with Crippen molar-refractivity contribution in [3.63, 3.8) is 0 Å². The van der Waals surface area contributed by atoms with E-state index < -0.39 is 0 Å². The van der Waals surface area contributed by atoms with Crippen molar-refractivity contribution < 1.29 is 9.53 Å². The number of ether oxygens (including phenoxy) is 1. The number of carbonyl (C=O) groups excluding carboxylic acids is 1. The van der Waals surface area contributed by atoms with Crippen LogP contribution in [-0.2, 0) is 22.6 Å². The molecule has 0 N–H and O–H groups in total. The molecule has 5 nitrogen and oxygen atoms in total. The molecule has 1 amide bonds. The van der Waals surface area contributed by atoms with Crippen molar-refractivity contribution in [1.82, 2.24) is 14.4 Å². The number of hydrogen-bond acceptors (Lipinski definition) is 3. The highest BCUT2D eigenvalue weighted by atomic mass is 16.5. The molecule has 0 radical (unpaired) electrons. The molecule has 1 aromatic heterocycles. The van der Waals surface area contributed by atoms with Gasteiger partial charge in [0.2, 0.25) is 5.91 Å². The fraction of sp³-hybridized carbons (Fsp3) is 0.591. The van der Waals surface area contributed by atoms with Crippen molar-refractivity contribution in [1.29, 1.82) is 0 Å². The fourth-order valence-electron chi connectivity index (χ4n) is 4.34. The van der Waals surface area contributed by atoms with Gasteiger partial charge in [0.15, 0.2) is 0 Å². The number of fused-ring (bicyclic) bond motifs is 1. The van der Waals surface area contributed by atoms with Gasteiger partial charge in [-0.3, -0.25) is 9.69 Å². The van der Waals surface area contributed by atoms with E-state index in [-0.39, 0.29) is 5.91 Å². The van der Waals surface area contributed by atoms with Crippen LogP contribution in [0.5, 0.6) is 0 Å². The van der Waals surface area contributed by atoms with Gasteiger partial charge in [0.25, 0.3) is 0 Å². The Balaban J connectivity index is 1.46. The highest BCUT2D eigenvalue weighted by Gasteiger charge is 2.18. The number of hydrogen-bond donors (Lipinski definition) is 0. The van der Waals surface area contributed by atoms with Gasteiger partial charge in [-0.05, 0) is 44.0 Å². The molecular weight excluding hydrogens is 338 g/mol. The number of benzene rings is 1. The molecule has 1 aromatic carbocycles. The highest BCUT2D eigenvalue weighted by Crippen LogP contribution is 2.24. The number of aromatic nitrogens is 1. The van der Waals surface area contributed by atoms with Gasteiger partial charge in [-0.25, -0.2) is 0 Å². The quantitative estimate of drug-likeness (QED) is 0.812. The van der Waals surface area contributed by atoms with Gasteiger partial charge in [0.05, 0.1) is 19.9 Å². The number of amides is 1. The molecular formula is C22H31N3O2. The first-order chi connectivity index (χ1) is 13.3. The molecule has 0 atom stereocenters. The summed E-state index contributed by atoms with van der Waals surface area (Å²) >= 11 is 0. The maximum atomic E-state index is 12.5. The Morgan fingerprint density at radius 3 is 2.48 bits per heavy atom. The van der Waals surface area contributed by atoms with E-state index in [0.717, 1.165) is 26.2 Å². The maximum Gasteiger partial charge on any atom is 0.223 e. The minimum Gasteiger partial charge on any atom is -0.378 e. The van der Waals surface area contributed by atoms with Crippen molar-refractivity contribution in [2.24, 2.45) is 0 Å². The van der Waals surface area contributed by atoms with Crippen molar-refractivity contribution in [2.45, 2.75) is 45.2 Å². The molecule has 0 bridgehead atoms. The van der Waals surface area contributed by atoms with E-state index in [4.69, 9.17) is 4.74 Å². The SMILES string of the molecule is O=C(CCc1cn(CN2CCCCCC2)c2ccccc12)N1CCOCC1. The van der Waals surface area contributed by atoms with Crippen LogP contribution >= 0.6 is 0 Å². The second-order valence-corrected chi connectivity index (χ2v) is 7.81. The summed E-state index contributed by atoms with van der Waals surface area (Å²) in [6.07, 6.45) is 9.00. The van der Waals surface area contributed by atoms with Gasteiger partial charge >= 0.3 is 0 Å². The Morgan fingerprint density at radius 1 is 0.963 bits per heavy atom. The molecule has 2 fully saturated rings. The van der Waals surface area contributed by atoms with E-state index in [1.165, 1.54) is 55.2 Å². The standard InChI is InChI=1S/C22H31N3O2/c26-22(24-13-15-27-16-14-24)10-9-19-17-25(21-8-4-3-7-20(19)21)18-23-11-5-1-2-6-12-23/h3-4,7-8,17H,1-2,5-6,9-16,18H2. The average molecular weight is 370 g/mol. The van der Waals surface area contributed by atoms with Crippen LogP contribution < -0.4 is 0 Å². The molecule has 0 spiro atoms. The summed E-state index contributed by atoms with van der Waals surface area (Å²) in [4.78, 5) is 17.0. The lowest BCUT2D eigenvalue weighted by Gasteiger charge is -2.26. The average Bonchev–Trinajstić information content (AvgIpc) is 2.87. The van der Waals surface area contributed by atoms with Gasteiger partial charge in [-0.1, -0.05) is 31.0 Å². The van der Waals surface area contributed by atoms with E-state index in [0.29, 0.717) is 19.6 Å². The molecule has 0 saturated carbocycles. The molecule has 3 heterocycles. The summed E-state index contributed by atoms with van der Waals surface area (Å²) in [7, 11) is 0. The van der Waals surface area contributed by atoms with Crippen LogP contribution in [0.3, 0.4) is 0 Å². The summed E-state index contributed by atoms with van der Waals surface area (Å²) < 4.78 is 7.74. The number of aryl methyl sites for hydroxylation is 1. The van der Waals surface area contributed by atoms with Crippen LogP contribution in [0.1, 0.15) is 37.7 Å². The van der Waals surface area contributed by atoms with Crippen LogP contribution in [0.25, 0.3) is 10.9 Å². The predicted molar refractivity (Wildman–Crippen MR) is 108 cm³/mol. The molecule has 0 aliphatic carbocycles. The van der Waals surface area contributed by atoms with Crippen LogP contribution in [0, 0.1) is 0 Å². The zero-order valence-corrected chi connectivity index (χ0v) is 16.2. The minimum atomic E-state index is 0.252. The summed E-state index contributed by atoms with van der Waals surface area (Å²) in [5.41, 5.74) is 2.58. The van der Waals surface area contributed by atoms with E-state index in [1.54, 1.807) is 0 Å². The fourth-order valence-corrected chi connectivity index (χ4v) is 4.34. The Kier molecular flexibility index (Phi) is 6.10. The second kappa shape index (κ2) is 8.89. The van der Waals surface area contributed by atoms with E-state index >= 15 is 0 Å². The summed E-state index contributed by atoms with van der Waals surface area (Å²) in [5.74, 6) is 0.252. The largest absolute Gasteiger partial charge is 0.378 e. The Hall–Kier alpha value is -1.85. The Labute approximate surface area is 161 Å². The number of para-hydroxylation sites is 1. The molecule has 4 rings (SSSR count). The summed E-state index contributed by atoms with van der Waals surface area (Å²) in [6.45, 7) is 6.14. The van der Waals surface area contributed by atoms with E-state index in [9.17, 15) is 4.79 Å². The molecule has 0 unspecified atom stereocenters. The van der Waals surface area contributed by atoms with E-state index in [1.807, 2.05) is 4.90 Å². The monoisotopic (exact) mass is 369 g/mol. The van der Waals surface area contributed by atoms with Gasteiger partial charge in [-0.15, -0.1) is 0 Å². The first kappa shape index (κ1) is 18.5. The Bertz CT molecular complexity index is 756. The molecule has 2 saturated heterocycles. The Morgan fingerprint density at radius 2 is 1.70 bits per heavy atom. The summed E-state index contributed by atoms with van der Waals surface area (Å²) in [5, 5.41) is 1.29. The smallest absolute Gasteiger partial charge is 0.223 e. The van der Waals surface area contributed by atoms with Crippen LogP contribution in [-0.4, -0.2) is 59.7 Å². The lowest BCUT2D eigenvalue weighted by atomic mass is 10.1. The molecule has 2 aromatic rings. The van der Waals surface area contributed by atoms with Crippen molar-refractivity contribution in [3.8, 4) is 0 Å². The van der Waals surface area contributed by atoms with E-state index in [2.05, 4.69) is 39.9 Å². The third kappa shape index (κ3) is 4.53. The van der Waals surface area contributed by atoms with Crippen LogP contribution in [0.4, 0.5) is 0 Å². The second-order valence-electron chi connectivity index (χ2n) is 7.81. The molecule has 146 valence electrons. The lowest BCUT2D eigenvalue weighted by Crippen LogP contribution is -2.40. The van der Waals surface area contributed by atoms with Crippen molar-refractivity contribution >= 4 is 16.8 Å². The van der Waals surface area contributed by atoms with Crippen LogP contribution in [0.2, 0.25) is 0 Å². The van der Waals surface area contributed by atoms with Gasteiger partial charge in [0.1, 0.15) is 0 Å². The van der Waals surface area contributed by atoms with Gasteiger partial charge < -0.3 is 14.2 Å². The number of rotatable bonds is 5. The molecule has 2 aliphatic heterocycles. The molecule has 5 heteroatoms. The van der Waals surface area contributed by atoms with Crippen LogP contribution in [0.15, 0.2) is 30.5 Å². The number of morpholine rings is 1. The van der Waals surface area contributed by atoms with Gasteiger partial charge in [0, 0.05) is 36.6 Å². The maximum absolute atomic E-state index is 12.5. The number of likely N-dealkylation sites (tertiary alicyclic amines) is 1. The normalized spacial score (nSPS) is 19.3. The zero-order valence-electron chi connectivity index (χ0n) is 16.2. The highest BCUT2D eigenvalue weighted by molar-refractivity contribution is 5.85. The molecule has 2 aliphatic rings. The number of nitrogens with zero attached hydrogens (tertiary/aromatic N) is 3. The minimum absolute atomic E-state index is 0.252.